The van der Waals surface area contributed by atoms with Crippen LogP contribution in [0.1, 0.15) is 23.3 Å². The molecule has 3 heterocycles. The molecular weight excluding hydrogens is 388 g/mol. The summed E-state index contributed by atoms with van der Waals surface area (Å²) in [6, 6.07) is 10.2. The van der Waals surface area contributed by atoms with Gasteiger partial charge in [0, 0.05) is 10.6 Å². The molecule has 2 atom stereocenters. The predicted octanol–water partition coefficient (Wildman–Crippen LogP) is 2.58. The fourth-order valence-corrected chi connectivity index (χ4v) is 4.66. The van der Waals surface area contributed by atoms with Gasteiger partial charge in [0.05, 0.1) is 12.6 Å². The molecule has 2 aliphatic heterocycles. The lowest BCUT2D eigenvalue weighted by molar-refractivity contribution is -0.138. The molecule has 0 aliphatic carbocycles. The van der Waals surface area contributed by atoms with E-state index in [2.05, 4.69) is 10.6 Å². The molecule has 2 aromatic rings. The van der Waals surface area contributed by atoms with Gasteiger partial charge in [0.15, 0.2) is 0 Å². The summed E-state index contributed by atoms with van der Waals surface area (Å²) in [5.41, 5.74) is 1.68. The number of nitrogens with one attached hydrogen (secondary N) is 2. The van der Waals surface area contributed by atoms with Crippen molar-refractivity contribution in [1.29, 1.82) is 0 Å². The largest absolute Gasteiger partial charge is 0.327 e. The summed E-state index contributed by atoms with van der Waals surface area (Å²) in [5, 5.41) is 8.06. The van der Waals surface area contributed by atoms with Gasteiger partial charge >= 0.3 is 6.03 Å². The number of aryl methyl sites for hydroxylation is 1. The molecule has 0 bridgehead atoms. The second kappa shape index (κ2) is 8.34. The molecule has 152 valence electrons. The second-order valence-electron chi connectivity index (χ2n) is 7.42. The number of benzene rings is 1. The normalized spacial score (nSPS) is 21.8. The summed E-state index contributed by atoms with van der Waals surface area (Å²) < 4.78 is 0. The van der Waals surface area contributed by atoms with Gasteiger partial charge in [-0.1, -0.05) is 24.3 Å². The molecule has 0 saturated carbocycles. The first kappa shape index (κ1) is 19.6. The average molecular weight is 413 g/mol. The number of carbonyl (C=O) groups is 3. The molecule has 2 fully saturated rings. The van der Waals surface area contributed by atoms with Crippen molar-refractivity contribution in [2.24, 2.45) is 0 Å². The van der Waals surface area contributed by atoms with E-state index in [1.165, 1.54) is 16.2 Å². The zero-order valence-corrected chi connectivity index (χ0v) is 17.1. The lowest BCUT2D eigenvalue weighted by Crippen LogP contribution is -2.69. The van der Waals surface area contributed by atoms with Gasteiger partial charge < -0.3 is 15.5 Å². The van der Waals surface area contributed by atoms with Crippen molar-refractivity contribution in [2.75, 3.05) is 18.4 Å². The summed E-state index contributed by atoms with van der Waals surface area (Å²) >= 11 is 1.50. The van der Waals surface area contributed by atoms with E-state index in [-0.39, 0.29) is 30.9 Å². The van der Waals surface area contributed by atoms with Gasteiger partial charge in [0.25, 0.3) is 0 Å². The first-order valence-electron chi connectivity index (χ1n) is 9.78. The Morgan fingerprint density at radius 3 is 2.83 bits per heavy atom. The number of fused-ring (bicyclic) bond motifs is 1. The molecule has 2 unspecified atom stereocenters. The van der Waals surface area contributed by atoms with Gasteiger partial charge in [-0.2, -0.15) is 0 Å². The average Bonchev–Trinajstić information content (AvgIpc) is 3.23. The number of para-hydroxylation sites is 1. The Hall–Kier alpha value is -2.71. The number of hydrogen-bond donors (Lipinski definition) is 2. The van der Waals surface area contributed by atoms with Gasteiger partial charge in [-0.05, 0) is 49.4 Å². The molecular formula is C21H24N4O3S. The van der Waals surface area contributed by atoms with Crippen molar-refractivity contribution < 1.29 is 14.4 Å². The lowest BCUT2D eigenvalue weighted by atomic mass is 9.93. The molecule has 29 heavy (non-hydrogen) atoms. The Morgan fingerprint density at radius 1 is 1.24 bits per heavy atom. The lowest BCUT2D eigenvalue weighted by Gasteiger charge is -2.46. The highest BCUT2D eigenvalue weighted by atomic mass is 32.1. The molecule has 8 heteroatoms. The maximum atomic E-state index is 13.2. The van der Waals surface area contributed by atoms with Gasteiger partial charge in [-0.3, -0.25) is 14.5 Å². The van der Waals surface area contributed by atoms with Crippen molar-refractivity contribution in [3.05, 3.63) is 52.2 Å². The number of thiophene rings is 1. The molecule has 2 saturated heterocycles. The SMILES string of the molecule is Cc1ccccc1NC(=O)CN1C(=O)N(Cc2cccs2)C(=O)C2NCCCC21. The van der Waals surface area contributed by atoms with Crippen LogP contribution in [0.5, 0.6) is 0 Å². The van der Waals surface area contributed by atoms with Crippen LogP contribution >= 0.6 is 11.3 Å². The molecule has 0 radical (unpaired) electrons. The zero-order valence-electron chi connectivity index (χ0n) is 16.3. The number of urea groups is 1. The third-order valence-corrected chi connectivity index (χ3v) is 6.32. The van der Waals surface area contributed by atoms with Crippen LogP contribution in [-0.4, -0.2) is 52.8 Å². The Labute approximate surface area is 173 Å². The third-order valence-electron chi connectivity index (χ3n) is 5.46. The number of hydrogen-bond acceptors (Lipinski definition) is 5. The topological polar surface area (TPSA) is 81.8 Å². The molecule has 0 spiro atoms. The van der Waals surface area contributed by atoms with Gasteiger partial charge in [-0.25, -0.2) is 4.79 Å². The summed E-state index contributed by atoms with van der Waals surface area (Å²) in [6.45, 7) is 2.81. The number of rotatable bonds is 5. The van der Waals surface area contributed by atoms with Crippen molar-refractivity contribution in [2.45, 2.75) is 38.4 Å². The van der Waals surface area contributed by atoms with E-state index in [1.807, 2.05) is 48.7 Å². The van der Waals surface area contributed by atoms with Crippen LogP contribution in [0.15, 0.2) is 41.8 Å². The predicted molar refractivity (Wildman–Crippen MR) is 112 cm³/mol. The van der Waals surface area contributed by atoms with Crippen LogP contribution in [0.25, 0.3) is 0 Å². The summed E-state index contributed by atoms with van der Waals surface area (Å²) in [7, 11) is 0. The first-order valence-corrected chi connectivity index (χ1v) is 10.7. The van der Waals surface area contributed by atoms with Crippen molar-refractivity contribution in [3.8, 4) is 0 Å². The van der Waals surface area contributed by atoms with Crippen molar-refractivity contribution >= 4 is 34.9 Å². The van der Waals surface area contributed by atoms with Crippen LogP contribution in [-0.2, 0) is 16.1 Å². The van der Waals surface area contributed by atoms with E-state index in [1.54, 1.807) is 4.90 Å². The number of piperidine rings is 1. The number of anilines is 1. The van der Waals surface area contributed by atoms with Crippen LogP contribution in [0.3, 0.4) is 0 Å². The standard InChI is InChI=1S/C21H24N4O3S/c1-14-6-2-3-8-16(14)23-18(26)13-24-17-9-4-10-22-19(17)20(27)25(21(24)28)12-15-7-5-11-29-15/h2-3,5-8,11,17,19,22H,4,9-10,12-13H2,1H3,(H,23,26). The number of carbonyl (C=O) groups excluding carboxylic acids is 3. The zero-order chi connectivity index (χ0) is 20.4. The first-order chi connectivity index (χ1) is 14.0. The number of amides is 4. The Bertz CT molecular complexity index is 914. The van der Waals surface area contributed by atoms with Gasteiger partial charge in [0.1, 0.15) is 12.6 Å². The summed E-state index contributed by atoms with van der Waals surface area (Å²) in [4.78, 5) is 42.7. The van der Waals surface area contributed by atoms with E-state index in [4.69, 9.17) is 0 Å². The second-order valence-corrected chi connectivity index (χ2v) is 8.45. The highest BCUT2D eigenvalue weighted by Crippen LogP contribution is 2.27. The summed E-state index contributed by atoms with van der Waals surface area (Å²) in [5.74, 6) is -0.467. The Morgan fingerprint density at radius 2 is 2.07 bits per heavy atom. The minimum atomic E-state index is -0.465. The maximum absolute atomic E-state index is 13.2. The highest BCUT2D eigenvalue weighted by Gasteiger charge is 2.47. The smallest absolute Gasteiger partial charge is 0.324 e. The maximum Gasteiger partial charge on any atom is 0.327 e. The van der Waals surface area contributed by atoms with Crippen LogP contribution < -0.4 is 10.6 Å². The molecule has 4 rings (SSSR count). The minimum absolute atomic E-state index is 0.0791. The Balaban J connectivity index is 1.54. The molecule has 4 amide bonds. The van der Waals surface area contributed by atoms with E-state index in [0.29, 0.717) is 6.42 Å². The van der Waals surface area contributed by atoms with E-state index in [9.17, 15) is 14.4 Å². The summed E-state index contributed by atoms with van der Waals surface area (Å²) in [6.07, 6.45) is 1.57. The van der Waals surface area contributed by atoms with E-state index < -0.39 is 12.1 Å². The van der Waals surface area contributed by atoms with E-state index >= 15 is 0 Å². The number of imide groups is 1. The van der Waals surface area contributed by atoms with Crippen LogP contribution in [0, 0.1) is 6.92 Å². The van der Waals surface area contributed by atoms with Crippen molar-refractivity contribution in [3.63, 3.8) is 0 Å². The van der Waals surface area contributed by atoms with E-state index in [0.717, 1.165) is 29.1 Å². The number of nitrogens with zero attached hydrogens (tertiary/aromatic N) is 2. The molecule has 1 aromatic carbocycles. The quantitative estimate of drug-likeness (QED) is 0.791. The van der Waals surface area contributed by atoms with Gasteiger partial charge in [-0.15, -0.1) is 11.3 Å². The fraction of sp³-hybridized carbons (Fsp3) is 0.381. The van der Waals surface area contributed by atoms with Crippen molar-refractivity contribution in [1.82, 2.24) is 15.1 Å². The van der Waals surface area contributed by atoms with Crippen LogP contribution in [0.4, 0.5) is 10.5 Å². The highest BCUT2D eigenvalue weighted by molar-refractivity contribution is 7.09. The Kier molecular flexibility index (Phi) is 5.64. The molecule has 2 aliphatic rings. The molecule has 1 aromatic heterocycles. The molecule has 7 nitrogen and oxygen atoms in total. The molecule has 2 N–H and O–H groups in total. The minimum Gasteiger partial charge on any atom is -0.324 e. The monoisotopic (exact) mass is 412 g/mol. The third kappa shape index (κ3) is 4.04. The van der Waals surface area contributed by atoms with Crippen LogP contribution in [0.2, 0.25) is 0 Å². The fourth-order valence-electron chi connectivity index (χ4n) is 3.96. The van der Waals surface area contributed by atoms with Gasteiger partial charge in [0.2, 0.25) is 11.8 Å².